The van der Waals surface area contributed by atoms with Crippen LogP contribution in [0, 0.1) is 11.3 Å². The molecular weight excluding hydrogens is 190 g/mol. The quantitative estimate of drug-likeness (QED) is 0.285. The average molecular weight is 198 g/mol. The number of nitrogens with two attached hydrogens (primary N) is 2. The van der Waals surface area contributed by atoms with E-state index in [2.05, 4.69) is 10.1 Å². The maximum absolute atomic E-state index is 8.43. The van der Waals surface area contributed by atoms with Crippen LogP contribution in [-0.4, -0.2) is 10.8 Å². The second-order valence-corrected chi connectivity index (χ2v) is 2.06. The van der Waals surface area contributed by atoms with Crippen LogP contribution in [-0.2, 0) is 0 Å². The molecule has 1 heterocycles. The second-order valence-electron chi connectivity index (χ2n) is 2.06. The molecule has 0 aromatic carbocycles. The van der Waals surface area contributed by atoms with E-state index in [1.807, 2.05) is 6.07 Å². The largest absolute Gasteiger partial charge is 0.382 e. The summed E-state index contributed by atoms with van der Waals surface area (Å²) in [5.41, 5.74) is 6.33. The van der Waals surface area contributed by atoms with Gasteiger partial charge in [0.25, 0.3) is 0 Å². The van der Waals surface area contributed by atoms with Gasteiger partial charge in [-0.3, -0.25) is 0 Å². The van der Waals surface area contributed by atoms with Gasteiger partial charge in [-0.1, -0.05) is 0 Å². The predicted octanol–water partition coefficient (Wildman–Crippen LogP) is -0.0459. The van der Waals surface area contributed by atoms with Crippen LogP contribution < -0.4 is 11.6 Å². The van der Waals surface area contributed by atoms with E-state index in [1.54, 1.807) is 12.1 Å². The third kappa shape index (κ3) is 2.61. The van der Waals surface area contributed by atoms with Crippen molar-refractivity contribution in [3.63, 3.8) is 0 Å². The van der Waals surface area contributed by atoms with E-state index in [0.29, 0.717) is 11.3 Å². The third-order valence-corrected chi connectivity index (χ3v) is 1.31. The van der Waals surface area contributed by atoms with Crippen molar-refractivity contribution < 1.29 is 0 Å². The molecule has 13 heavy (non-hydrogen) atoms. The van der Waals surface area contributed by atoms with Crippen LogP contribution in [0.25, 0.3) is 0 Å². The Hall–Kier alpha value is -1.80. The summed E-state index contributed by atoms with van der Waals surface area (Å²) in [6.07, 6.45) is 1.45. The molecule has 1 rings (SSSR count). The van der Waals surface area contributed by atoms with E-state index in [0.717, 1.165) is 0 Å². The third-order valence-electron chi connectivity index (χ3n) is 1.31. The number of nitrogens with zero attached hydrogens (tertiary/aromatic N) is 3. The lowest BCUT2D eigenvalue weighted by molar-refractivity contribution is 1.21. The topological polar surface area (TPSA) is 101 Å². The van der Waals surface area contributed by atoms with Crippen molar-refractivity contribution in [3.8, 4) is 6.07 Å². The first-order valence-corrected chi connectivity index (χ1v) is 3.18. The molecule has 0 spiro atoms. The van der Waals surface area contributed by atoms with Gasteiger partial charge in [0.05, 0.1) is 0 Å². The van der Waals surface area contributed by atoms with Gasteiger partial charge in [0.15, 0.2) is 5.84 Å². The summed E-state index contributed by atoms with van der Waals surface area (Å²) >= 11 is 0. The van der Waals surface area contributed by atoms with Crippen LogP contribution in [0.1, 0.15) is 11.3 Å². The van der Waals surface area contributed by atoms with Crippen molar-refractivity contribution >= 4 is 18.2 Å². The van der Waals surface area contributed by atoms with Gasteiger partial charge in [-0.25, -0.2) is 4.98 Å². The summed E-state index contributed by atoms with van der Waals surface area (Å²) in [7, 11) is 0. The van der Waals surface area contributed by atoms with E-state index in [1.165, 1.54) is 6.20 Å². The van der Waals surface area contributed by atoms with Gasteiger partial charge in [-0.2, -0.15) is 10.4 Å². The zero-order valence-corrected chi connectivity index (χ0v) is 7.45. The van der Waals surface area contributed by atoms with Crippen molar-refractivity contribution in [1.29, 1.82) is 5.26 Å². The van der Waals surface area contributed by atoms with E-state index < -0.39 is 0 Å². The highest BCUT2D eigenvalue weighted by atomic mass is 35.5. The van der Waals surface area contributed by atoms with Crippen molar-refractivity contribution in [2.45, 2.75) is 0 Å². The summed E-state index contributed by atoms with van der Waals surface area (Å²) in [6.45, 7) is 0. The maximum atomic E-state index is 8.43. The molecule has 0 fully saturated rings. The molecule has 1 aromatic heterocycles. The Morgan fingerprint density at radius 2 is 2.23 bits per heavy atom. The van der Waals surface area contributed by atoms with Crippen LogP contribution in [0.15, 0.2) is 23.4 Å². The highest BCUT2D eigenvalue weighted by Gasteiger charge is 1.97. The molecule has 0 amide bonds. The SMILES string of the molecule is Cl.N#Cc1ccc(C(N)=NN)cn1. The lowest BCUT2D eigenvalue weighted by atomic mass is 10.2. The summed E-state index contributed by atoms with van der Waals surface area (Å²) < 4.78 is 0. The fraction of sp³-hybridized carbons (Fsp3) is 0. The first-order valence-electron chi connectivity index (χ1n) is 3.18. The number of pyridine rings is 1. The van der Waals surface area contributed by atoms with E-state index in [4.69, 9.17) is 16.8 Å². The summed E-state index contributed by atoms with van der Waals surface area (Å²) in [6, 6.07) is 5.07. The molecule has 0 saturated heterocycles. The minimum Gasteiger partial charge on any atom is -0.382 e. The molecule has 0 radical (unpaired) electrons. The van der Waals surface area contributed by atoms with E-state index >= 15 is 0 Å². The van der Waals surface area contributed by atoms with Crippen molar-refractivity contribution in [1.82, 2.24) is 4.98 Å². The molecule has 5 nitrogen and oxygen atoms in total. The molecule has 6 heteroatoms. The van der Waals surface area contributed by atoms with Gasteiger partial charge < -0.3 is 11.6 Å². The Morgan fingerprint density at radius 3 is 2.62 bits per heavy atom. The monoisotopic (exact) mass is 197 g/mol. The predicted molar refractivity (Wildman–Crippen MR) is 51.1 cm³/mol. The van der Waals surface area contributed by atoms with Crippen molar-refractivity contribution in [2.75, 3.05) is 0 Å². The summed E-state index contributed by atoms with van der Waals surface area (Å²) in [5.74, 6) is 5.15. The number of hydrogen-bond donors (Lipinski definition) is 2. The zero-order chi connectivity index (χ0) is 8.97. The van der Waals surface area contributed by atoms with E-state index in [9.17, 15) is 0 Å². The van der Waals surface area contributed by atoms with E-state index in [-0.39, 0.29) is 18.2 Å². The van der Waals surface area contributed by atoms with Crippen LogP contribution in [0.5, 0.6) is 0 Å². The summed E-state index contributed by atoms with van der Waals surface area (Å²) in [5, 5.41) is 11.7. The Morgan fingerprint density at radius 1 is 1.54 bits per heavy atom. The number of aromatic nitrogens is 1. The Labute approximate surface area is 81.5 Å². The number of halogens is 1. The number of hydrazone groups is 1. The number of nitriles is 1. The van der Waals surface area contributed by atoms with Gasteiger partial charge in [-0.05, 0) is 12.1 Å². The van der Waals surface area contributed by atoms with Gasteiger partial charge >= 0.3 is 0 Å². The minimum absolute atomic E-state index is 0. The molecule has 0 aliphatic rings. The molecule has 68 valence electrons. The minimum atomic E-state index is 0. The van der Waals surface area contributed by atoms with Gasteiger partial charge in [0.2, 0.25) is 0 Å². The van der Waals surface area contributed by atoms with Crippen molar-refractivity contribution in [3.05, 3.63) is 29.6 Å². The first-order chi connectivity index (χ1) is 5.77. The fourth-order valence-electron chi connectivity index (χ4n) is 0.686. The lowest BCUT2D eigenvalue weighted by Gasteiger charge is -1.96. The molecule has 0 aliphatic heterocycles. The molecule has 0 bridgehead atoms. The zero-order valence-electron chi connectivity index (χ0n) is 6.64. The number of hydrogen-bond acceptors (Lipinski definition) is 4. The Balaban J connectivity index is 0.00000144. The number of amidine groups is 1. The Kier molecular flexibility index (Phi) is 4.27. The molecule has 4 N–H and O–H groups in total. The molecule has 1 aromatic rings. The normalized spacial score (nSPS) is 9.92. The maximum Gasteiger partial charge on any atom is 0.151 e. The first kappa shape index (κ1) is 11.2. The Bertz CT molecular complexity index is 337. The second kappa shape index (κ2) is 4.95. The molecule has 0 saturated carbocycles. The van der Waals surface area contributed by atoms with Crippen LogP contribution in [0.3, 0.4) is 0 Å². The standard InChI is InChI=1S/C7H7N5.ClH/c8-3-6-2-1-5(4-11-6)7(9)12-10;/h1-2,4H,10H2,(H2,9,12);1H. The van der Waals surface area contributed by atoms with Crippen LogP contribution in [0.4, 0.5) is 0 Å². The lowest BCUT2D eigenvalue weighted by Crippen LogP contribution is -2.15. The molecule has 0 unspecified atom stereocenters. The molecule has 0 aliphatic carbocycles. The number of rotatable bonds is 1. The van der Waals surface area contributed by atoms with Gasteiger partial charge in [0, 0.05) is 11.8 Å². The van der Waals surface area contributed by atoms with Gasteiger partial charge in [-0.15, -0.1) is 12.4 Å². The molecule has 0 atom stereocenters. The fourth-order valence-corrected chi connectivity index (χ4v) is 0.686. The average Bonchev–Trinajstić information content (AvgIpc) is 2.17. The molecular formula is C7H8ClN5. The highest BCUT2D eigenvalue weighted by molar-refractivity contribution is 5.96. The van der Waals surface area contributed by atoms with Crippen LogP contribution >= 0.6 is 12.4 Å². The summed E-state index contributed by atoms with van der Waals surface area (Å²) in [4.78, 5) is 3.79. The van der Waals surface area contributed by atoms with Gasteiger partial charge in [0.1, 0.15) is 11.8 Å². The smallest absolute Gasteiger partial charge is 0.151 e. The highest BCUT2D eigenvalue weighted by Crippen LogP contribution is 1.97. The van der Waals surface area contributed by atoms with Crippen molar-refractivity contribution in [2.24, 2.45) is 16.7 Å². The van der Waals surface area contributed by atoms with Crippen LogP contribution in [0.2, 0.25) is 0 Å².